The molecule has 0 saturated heterocycles. The second-order valence-electron chi connectivity index (χ2n) is 6.63. The highest BCUT2D eigenvalue weighted by Crippen LogP contribution is 2.39. The molecule has 3 aromatic rings. The Kier molecular flexibility index (Phi) is 3.37. The average Bonchev–Trinajstić information content (AvgIpc) is 3.37. The van der Waals surface area contributed by atoms with Crippen molar-refractivity contribution in [3.05, 3.63) is 65.8 Å². The summed E-state index contributed by atoms with van der Waals surface area (Å²) in [6, 6.07) is 9.41. The van der Waals surface area contributed by atoms with Gasteiger partial charge in [-0.25, -0.2) is 19.0 Å². The van der Waals surface area contributed by atoms with Crippen molar-refractivity contribution in [3.8, 4) is 0 Å². The number of aromatic nitrogens is 5. The summed E-state index contributed by atoms with van der Waals surface area (Å²) in [7, 11) is 0. The first-order chi connectivity index (χ1) is 12.7. The third-order valence-corrected chi connectivity index (χ3v) is 5.07. The maximum Gasteiger partial charge on any atom is 0.294 e. The van der Waals surface area contributed by atoms with E-state index >= 15 is 0 Å². The lowest BCUT2D eigenvalue weighted by molar-refractivity contribution is 0.0694. The number of hydrogen-bond donors (Lipinski definition) is 0. The van der Waals surface area contributed by atoms with E-state index < -0.39 is 6.17 Å². The van der Waals surface area contributed by atoms with Crippen LogP contribution in [0.1, 0.15) is 46.5 Å². The molecule has 0 N–H and O–H groups in total. The largest absolute Gasteiger partial charge is 0.332 e. The van der Waals surface area contributed by atoms with Gasteiger partial charge in [0.2, 0.25) is 5.82 Å². The molecule has 8 heteroatoms. The Morgan fingerprint density at radius 2 is 2.04 bits per heavy atom. The van der Waals surface area contributed by atoms with Crippen molar-refractivity contribution in [2.75, 3.05) is 6.54 Å². The lowest BCUT2D eigenvalue weighted by Gasteiger charge is -2.26. The molecule has 0 aliphatic carbocycles. The van der Waals surface area contributed by atoms with Crippen LogP contribution in [0.25, 0.3) is 0 Å². The molecule has 1 aromatic carbocycles. The summed E-state index contributed by atoms with van der Waals surface area (Å²) in [5, 5.41) is 4.36. The number of hydrogen-bond acceptors (Lipinski definition) is 4. The van der Waals surface area contributed by atoms with Crippen LogP contribution < -0.4 is 0 Å². The summed E-state index contributed by atoms with van der Waals surface area (Å²) in [4.78, 5) is 23.0. The van der Waals surface area contributed by atoms with E-state index in [1.165, 1.54) is 0 Å². The molecule has 26 heavy (non-hydrogen) atoms. The van der Waals surface area contributed by atoms with Crippen LogP contribution >= 0.6 is 0 Å². The smallest absolute Gasteiger partial charge is 0.294 e. The molecule has 2 aromatic heterocycles. The fourth-order valence-corrected chi connectivity index (χ4v) is 3.71. The predicted octanol–water partition coefficient (Wildman–Crippen LogP) is 2.13. The first kappa shape index (κ1) is 15.2. The summed E-state index contributed by atoms with van der Waals surface area (Å²) < 4.78 is 18.1. The van der Waals surface area contributed by atoms with Crippen molar-refractivity contribution in [2.45, 2.75) is 31.7 Å². The molecule has 0 radical (unpaired) electrons. The normalized spacial score (nSPS) is 21.5. The van der Waals surface area contributed by atoms with E-state index in [2.05, 4.69) is 15.1 Å². The third-order valence-electron chi connectivity index (χ3n) is 5.07. The van der Waals surface area contributed by atoms with E-state index in [9.17, 15) is 9.18 Å². The fraction of sp³-hybridized carbons (Fsp3) is 0.333. The zero-order valence-corrected chi connectivity index (χ0v) is 14.0. The molecule has 4 heterocycles. The molecule has 0 fully saturated rings. The van der Waals surface area contributed by atoms with Gasteiger partial charge in [0.15, 0.2) is 12.0 Å². The highest BCUT2D eigenvalue weighted by Gasteiger charge is 2.37. The number of fused-ring (bicyclic) bond motifs is 2. The standard InChI is InChI=1S/C18H17FN6O/c19-13-10-14(12-4-2-1-3-5-12)25-17(13)21-16(22-25)18(26)24-9-8-23-7-6-20-15(23)11-24/h1-7,13-14H,8-11H2/t13-,14-/m0/s1. The quantitative estimate of drug-likeness (QED) is 0.709. The van der Waals surface area contributed by atoms with Gasteiger partial charge in [0.1, 0.15) is 5.82 Å². The highest BCUT2D eigenvalue weighted by atomic mass is 19.1. The van der Waals surface area contributed by atoms with Gasteiger partial charge in [-0.15, -0.1) is 5.10 Å². The van der Waals surface area contributed by atoms with Crippen molar-refractivity contribution in [3.63, 3.8) is 0 Å². The molecule has 0 bridgehead atoms. The van der Waals surface area contributed by atoms with Gasteiger partial charge in [-0.2, -0.15) is 0 Å². The van der Waals surface area contributed by atoms with Crippen molar-refractivity contribution in [1.29, 1.82) is 0 Å². The minimum Gasteiger partial charge on any atom is -0.332 e. The minimum atomic E-state index is -1.21. The van der Waals surface area contributed by atoms with E-state index in [0.29, 0.717) is 26.1 Å². The Labute approximate surface area is 149 Å². The van der Waals surface area contributed by atoms with Crippen LogP contribution in [0.2, 0.25) is 0 Å². The molecule has 0 saturated carbocycles. The minimum absolute atomic E-state index is 0.0586. The molecule has 5 rings (SSSR count). The van der Waals surface area contributed by atoms with E-state index in [1.54, 1.807) is 15.8 Å². The zero-order valence-electron chi connectivity index (χ0n) is 14.0. The monoisotopic (exact) mass is 352 g/mol. The van der Waals surface area contributed by atoms with E-state index in [0.717, 1.165) is 11.4 Å². The molecule has 2 aliphatic rings. The molecule has 7 nitrogen and oxygen atoms in total. The van der Waals surface area contributed by atoms with Gasteiger partial charge in [-0.1, -0.05) is 30.3 Å². The van der Waals surface area contributed by atoms with E-state index in [-0.39, 0.29) is 23.6 Å². The van der Waals surface area contributed by atoms with Gasteiger partial charge in [0.25, 0.3) is 5.91 Å². The molecule has 2 aliphatic heterocycles. The average molecular weight is 352 g/mol. The Morgan fingerprint density at radius 1 is 1.19 bits per heavy atom. The van der Waals surface area contributed by atoms with Crippen LogP contribution in [0.3, 0.4) is 0 Å². The number of carbonyl (C=O) groups is 1. The lowest BCUT2D eigenvalue weighted by atomic mass is 10.0. The van der Waals surface area contributed by atoms with Gasteiger partial charge < -0.3 is 9.47 Å². The maximum absolute atomic E-state index is 14.5. The number of imidazole rings is 1. The molecule has 132 valence electrons. The van der Waals surface area contributed by atoms with Gasteiger partial charge in [-0.05, 0) is 5.56 Å². The molecular formula is C18H17FN6O. The SMILES string of the molecule is O=C(c1nc2n(n1)[C@H](c1ccccc1)C[C@@H]2F)N1CCn2ccnc2C1. The molecule has 0 spiro atoms. The Hall–Kier alpha value is -3.03. The third kappa shape index (κ3) is 2.33. The summed E-state index contributed by atoms with van der Waals surface area (Å²) >= 11 is 0. The second-order valence-corrected chi connectivity index (χ2v) is 6.63. The van der Waals surface area contributed by atoms with Crippen molar-refractivity contribution in [2.24, 2.45) is 0 Å². The highest BCUT2D eigenvalue weighted by molar-refractivity contribution is 5.90. The zero-order chi connectivity index (χ0) is 17.7. The van der Waals surface area contributed by atoms with Crippen molar-refractivity contribution >= 4 is 5.91 Å². The summed E-state index contributed by atoms with van der Waals surface area (Å²) in [5.41, 5.74) is 0.970. The number of amides is 1. The number of alkyl halides is 1. The van der Waals surface area contributed by atoms with Crippen LogP contribution in [0.5, 0.6) is 0 Å². The van der Waals surface area contributed by atoms with Crippen LogP contribution in [-0.4, -0.2) is 41.7 Å². The first-order valence-corrected chi connectivity index (χ1v) is 8.65. The van der Waals surface area contributed by atoms with Crippen LogP contribution in [0.15, 0.2) is 42.7 Å². The molecule has 0 unspecified atom stereocenters. The maximum atomic E-state index is 14.5. The van der Waals surface area contributed by atoms with Gasteiger partial charge >= 0.3 is 0 Å². The Bertz CT molecular complexity index is 965. The molecular weight excluding hydrogens is 335 g/mol. The number of halogens is 1. The van der Waals surface area contributed by atoms with Gasteiger partial charge in [0.05, 0.1) is 12.6 Å². The van der Waals surface area contributed by atoms with Crippen molar-refractivity contribution < 1.29 is 9.18 Å². The summed E-state index contributed by atoms with van der Waals surface area (Å²) in [6.07, 6.45) is 2.72. The summed E-state index contributed by atoms with van der Waals surface area (Å²) in [5.74, 6) is 0.853. The Morgan fingerprint density at radius 3 is 2.88 bits per heavy atom. The fourth-order valence-electron chi connectivity index (χ4n) is 3.71. The second kappa shape index (κ2) is 5.76. The number of carbonyl (C=O) groups excluding carboxylic acids is 1. The van der Waals surface area contributed by atoms with E-state index in [4.69, 9.17) is 0 Å². The lowest BCUT2D eigenvalue weighted by Crippen LogP contribution is -2.38. The number of nitrogens with zero attached hydrogens (tertiary/aromatic N) is 6. The topological polar surface area (TPSA) is 68.8 Å². The van der Waals surface area contributed by atoms with Gasteiger partial charge in [-0.3, -0.25) is 4.79 Å². The van der Waals surface area contributed by atoms with Crippen LogP contribution in [0.4, 0.5) is 4.39 Å². The molecule has 1 amide bonds. The molecule has 2 atom stereocenters. The van der Waals surface area contributed by atoms with Crippen molar-refractivity contribution in [1.82, 2.24) is 29.2 Å². The number of rotatable bonds is 2. The number of benzene rings is 1. The van der Waals surface area contributed by atoms with Gasteiger partial charge in [0, 0.05) is 31.9 Å². The van der Waals surface area contributed by atoms with Crippen LogP contribution in [0, 0.1) is 0 Å². The Balaban J connectivity index is 1.44. The van der Waals surface area contributed by atoms with Crippen LogP contribution in [-0.2, 0) is 13.1 Å². The first-order valence-electron chi connectivity index (χ1n) is 8.65. The van der Waals surface area contributed by atoms with E-state index in [1.807, 2.05) is 41.1 Å². The predicted molar refractivity (Wildman–Crippen MR) is 90.0 cm³/mol. The summed E-state index contributed by atoms with van der Waals surface area (Å²) in [6.45, 7) is 1.66.